The third kappa shape index (κ3) is 6.30. The van der Waals surface area contributed by atoms with Crippen LogP contribution in [0.1, 0.15) is 45.7 Å². The molecule has 3 rings (SSSR count). The van der Waals surface area contributed by atoms with Gasteiger partial charge in [0.05, 0.1) is 28.8 Å². The highest BCUT2D eigenvalue weighted by Crippen LogP contribution is 2.22. The first-order chi connectivity index (χ1) is 15.4. The van der Waals surface area contributed by atoms with E-state index in [9.17, 15) is 19.2 Å². The third-order valence-electron chi connectivity index (χ3n) is 5.05. The molecule has 8 nitrogen and oxygen atoms in total. The van der Waals surface area contributed by atoms with E-state index in [1.807, 2.05) is 0 Å². The molecule has 1 atom stereocenters. The van der Waals surface area contributed by atoms with E-state index in [-0.39, 0.29) is 24.8 Å². The Hall–Kier alpha value is -2.91. The number of hydrogen-bond donors (Lipinski definition) is 2. The van der Waals surface area contributed by atoms with E-state index in [4.69, 9.17) is 16.3 Å². The molecule has 0 spiro atoms. The minimum atomic E-state index is -0.669. The lowest BCUT2D eigenvalue weighted by Gasteiger charge is -2.27. The Labute approximate surface area is 194 Å². The van der Waals surface area contributed by atoms with Gasteiger partial charge in [-0.2, -0.15) is 0 Å². The van der Waals surface area contributed by atoms with Crippen molar-refractivity contribution in [3.05, 3.63) is 51.2 Å². The van der Waals surface area contributed by atoms with Gasteiger partial charge in [0.25, 0.3) is 11.8 Å². The maximum Gasteiger partial charge on any atom is 0.307 e. The molecule has 170 valence electrons. The molecule has 1 aliphatic heterocycles. The van der Waals surface area contributed by atoms with Crippen molar-refractivity contribution in [3.8, 4) is 0 Å². The van der Waals surface area contributed by atoms with Gasteiger partial charge in [-0.15, -0.1) is 11.3 Å². The van der Waals surface area contributed by atoms with E-state index in [2.05, 4.69) is 10.6 Å². The number of methoxy groups -OCH3 is 1. The Bertz CT molecular complexity index is 992. The number of ether oxygens (including phenoxy) is 1. The monoisotopic (exact) mass is 477 g/mol. The molecule has 1 saturated heterocycles. The molecule has 10 heteroatoms. The molecule has 0 radical (unpaired) electrons. The minimum absolute atomic E-state index is 0.0373. The Morgan fingerprint density at radius 2 is 1.88 bits per heavy atom. The lowest BCUT2D eigenvalue weighted by molar-refractivity contribution is -0.141. The van der Waals surface area contributed by atoms with Crippen LogP contribution in [0.3, 0.4) is 0 Å². The van der Waals surface area contributed by atoms with Crippen molar-refractivity contribution in [2.24, 2.45) is 0 Å². The summed E-state index contributed by atoms with van der Waals surface area (Å²) in [6, 6.07) is 9.28. The van der Waals surface area contributed by atoms with Gasteiger partial charge in [-0.25, -0.2) is 0 Å². The van der Waals surface area contributed by atoms with Crippen molar-refractivity contribution < 1.29 is 23.9 Å². The molecule has 32 heavy (non-hydrogen) atoms. The van der Waals surface area contributed by atoms with E-state index in [1.54, 1.807) is 41.3 Å². The number of amides is 3. The molecule has 1 unspecified atom stereocenters. The summed E-state index contributed by atoms with van der Waals surface area (Å²) in [4.78, 5) is 51.0. The normalized spacial score (nSPS) is 14.6. The van der Waals surface area contributed by atoms with E-state index in [1.165, 1.54) is 7.11 Å². The molecular formula is C22H24ClN3O5S. The molecule has 1 aromatic heterocycles. The number of hydrogen-bond acceptors (Lipinski definition) is 6. The van der Waals surface area contributed by atoms with Crippen molar-refractivity contribution in [3.63, 3.8) is 0 Å². The standard InChI is InChI=1S/C22H24ClN3O5S/c1-31-20(28)12-15(13-24-22(30)17-9-10-18(23)32-17)25-21(29)14-5-7-16(8-6-14)26-11-3-2-4-19(26)27/h5-10,15H,2-4,11-13H2,1H3,(H,24,30)(H,25,29). The highest BCUT2D eigenvalue weighted by Gasteiger charge is 2.22. The topological polar surface area (TPSA) is 105 Å². The Morgan fingerprint density at radius 3 is 2.50 bits per heavy atom. The number of carbonyl (C=O) groups is 4. The summed E-state index contributed by atoms with van der Waals surface area (Å²) < 4.78 is 5.19. The molecular weight excluding hydrogens is 454 g/mol. The Balaban J connectivity index is 1.62. The van der Waals surface area contributed by atoms with Gasteiger partial charge in [0, 0.05) is 30.8 Å². The minimum Gasteiger partial charge on any atom is -0.469 e. The number of halogens is 1. The second-order valence-corrected chi connectivity index (χ2v) is 9.03. The van der Waals surface area contributed by atoms with Gasteiger partial charge in [0.2, 0.25) is 5.91 Å². The van der Waals surface area contributed by atoms with Gasteiger partial charge >= 0.3 is 5.97 Å². The third-order valence-corrected chi connectivity index (χ3v) is 6.28. The van der Waals surface area contributed by atoms with E-state index in [0.717, 1.165) is 29.9 Å². The van der Waals surface area contributed by atoms with Crippen LogP contribution in [0, 0.1) is 0 Å². The van der Waals surface area contributed by atoms with Crippen LogP contribution in [0.4, 0.5) is 5.69 Å². The van der Waals surface area contributed by atoms with Crippen molar-refractivity contribution >= 4 is 52.3 Å². The smallest absolute Gasteiger partial charge is 0.307 e. The Kier molecular flexibility index (Phi) is 8.24. The van der Waals surface area contributed by atoms with Crippen molar-refractivity contribution in [1.29, 1.82) is 0 Å². The van der Waals surface area contributed by atoms with Crippen LogP contribution in [0.25, 0.3) is 0 Å². The molecule has 1 aliphatic rings. The molecule has 0 saturated carbocycles. The largest absolute Gasteiger partial charge is 0.469 e. The maximum atomic E-state index is 12.7. The number of rotatable bonds is 8. The molecule has 1 aromatic carbocycles. The van der Waals surface area contributed by atoms with Gasteiger partial charge < -0.3 is 20.3 Å². The number of nitrogens with one attached hydrogen (secondary N) is 2. The van der Waals surface area contributed by atoms with Crippen LogP contribution < -0.4 is 15.5 Å². The number of piperidine rings is 1. The highest BCUT2D eigenvalue weighted by molar-refractivity contribution is 7.18. The number of benzene rings is 1. The molecule has 3 amide bonds. The zero-order valence-electron chi connectivity index (χ0n) is 17.6. The van der Waals surface area contributed by atoms with Gasteiger partial charge in [-0.1, -0.05) is 11.6 Å². The molecule has 0 aliphatic carbocycles. The van der Waals surface area contributed by atoms with Crippen molar-refractivity contribution in [2.75, 3.05) is 25.1 Å². The second-order valence-electron chi connectivity index (χ2n) is 7.31. The maximum absolute atomic E-state index is 12.7. The first-order valence-corrected chi connectivity index (χ1v) is 11.4. The zero-order valence-corrected chi connectivity index (χ0v) is 19.1. The molecule has 2 N–H and O–H groups in total. The SMILES string of the molecule is COC(=O)CC(CNC(=O)c1ccc(Cl)s1)NC(=O)c1ccc(N2CCCCC2=O)cc1. The van der Waals surface area contributed by atoms with Crippen LogP contribution in [0.5, 0.6) is 0 Å². The zero-order chi connectivity index (χ0) is 23.1. The number of carbonyl (C=O) groups excluding carboxylic acids is 4. The van der Waals surface area contributed by atoms with E-state index >= 15 is 0 Å². The quantitative estimate of drug-likeness (QED) is 0.569. The predicted molar refractivity (Wildman–Crippen MR) is 122 cm³/mol. The summed E-state index contributed by atoms with van der Waals surface area (Å²) in [5, 5.41) is 5.46. The Morgan fingerprint density at radius 1 is 1.12 bits per heavy atom. The predicted octanol–water partition coefficient (Wildman–Crippen LogP) is 3.01. The number of thiophene rings is 1. The molecule has 1 fully saturated rings. The van der Waals surface area contributed by atoms with E-state index in [0.29, 0.717) is 27.7 Å². The second kappa shape index (κ2) is 11.1. The first kappa shape index (κ1) is 23.7. The fourth-order valence-corrected chi connectivity index (χ4v) is 4.30. The fraction of sp³-hybridized carbons (Fsp3) is 0.364. The summed E-state index contributed by atoms with van der Waals surface area (Å²) in [7, 11) is 1.26. The van der Waals surface area contributed by atoms with Crippen LogP contribution >= 0.6 is 22.9 Å². The number of anilines is 1. The molecule has 2 aromatic rings. The van der Waals surface area contributed by atoms with Crippen molar-refractivity contribution in [1.82, 2.24) is 10.6 Å². The summed E-state index contributed by atoms with van der Waals surface area (Å²) in [6.07, 6.45) is 2.27. The van der Waals surface area contributed by atoms with Gasteiger partial charge in [0.15, 0.2) is 0 Å². The van der Waals surface area contributed by atoms with E-state index < -0.39 is 17.9 Å². The van der Waals surface area contributed by atoms with Crippen LogP contribution in [0.15, 0.2) is 36.4 Å². The molecule has 2 heterocycles. The van der Waals surface area contributed by atoms with Crippen LogP contribution in [-0.4, -0.2) is 49.9 Å². The summed E-state index contributed by atoms with van der Waals surface area (Å²) in [5.41, 5.74) is 1.13. The van der Waals surface area contributed by atoms with Gasteiger partial charge in [-0.05, 0) is 49.2 Å². The average Bonchev–Trinajstić information content (AvgIpc) is 3.24. The van der Waals surface area contributed by atoms with Crippen molar-refractivity contribution in [2.45, 2.75) is 31.7 Å². The van der Waals surface area contributed by atoms with Gasteiger partial charge in [0.1, 0.15) is 0 Å². The first-order valence-electron chi connectivity index (χ1n) is 10.2. The summed E-state index contributed by atoms with van der Waals surface area (Å²) in [5.74, 6) is -1.18. The fourth-order valence-electron chi connectivity index (χ4n) is 3.34. The van der Waals surface area contributed by atoms with Crippen LogP contribution in [0.2, 0.25) is 4.34 Å². The molecule has 0 bridgehead atoms. The summed E-state index contributed by atoms with van der Waals surface area (Å²) in [6.45, 7) is 0.705. The lowest BCUT2D eigenvalue weighted by Crippen LogP contribution is -2.45. The number of nitrogens with zero attached hydrogens (tertiary/aromatic N) is 1. The highest BCUT2D eigenvalue weighted by atomic mass is 35.5. The van der Waals surface area contributed by atoms with Gasteiger partial charge in [-0.3, -0.25) is 19.2 Å². The summed E-state index contributed by atoms with van der Waals surface area (Å²) >= 11 is 7.00. The van der Waals surface area contributed by atoms with Crippen LogP contribution in [-0.2, 0) is 14.3 Å². The number of esters is 1. The lowest BCUT2D eigenvalue weighted by atomic mass is 10.1. The average molecular weight is 478 g/mol.